The highest BCUT2D eigenvalue weighted by Crippen LogP contribution is 2.21. The van der Waals surface area contributed by atoms with Gasteiger partial charge in [0.1, 0.15) is 0 Å². The van der Waals surface area contributed by atoms with E-state index in [1.165, 1.54) is 11.3 Å². The van der Waals surface area contributed by atoms with E-state index in [-0.39, 0.29) is 6.10 Å². The van der Waals surface area contributed by atoms with Crippen molar-refractivity contribution >= 4 is 11.3 Å². The molecule has 1 aromatic heterocycles. The van der Waals surface area contributed by atoms with Crippen molar-refractivity contribution in [2.75, 3.05) is 13.1 Å². The van der Waals surface area contributed by atoms with Gasteiger partial charge in [0.2, 0.25) is 0 Å². The van der Waals surface area contributed by atoms with E-state index in [0.29, 0.717) is 5.92 Å². The van der Waals surface area contributed by atoms with Gasteiger partial charge in [0.15, 0.2) is 0 Å². The molecule has 1 aliphatic heterocycles. The Morgan fingerprint density at radius 2 is 2.60 bits per heavy atom. The lowest BCUT2D eigenvalue weighted by Gasteiger charge is -2.33. The topological polar surface area (TPSA) is 36.4 Å². The second-order valence-electron chi connectivity index (χ2n) is 4.35. The Bertz CT molecular complexity index is 287. The van der Waals surface area contributed by atoms with Gasteiger partial charge < -0.3 is 5.11 Å². The van der Waals surface area contributed by atoms with Gasteiger partial charge in [-0.3, -0.25) is 9.88 Å². The standard InChI is InChI=1S/C11H18N2OS/c1-9(14)10-3-2-4-13(6-10)7-11-5-12-8-15-11/h5,8-10,14H,2-4,6-7H2,1H3/t9-,10-/m1/s1. The molecule has 1 saturated heterocycles. The van der Waals surface area contributed by atoms with Gasteiger partial charge >= 0.3 is 0 Å². The molecule has 1 aromatic rings. The minimum Gasteiger partial charge on any atom is -0.393 e. The van der Waals surface area contributed by atoms with E-state index >= 15 is 0 Å². The SMILES string of the molecule is C[C@@H](O)[C@@H]1CCCN(Cc2cncs2)C1. The maximum atomic E-state index is 9.58. The summed E-state index contributed by atoms with van der Waals surface area (Å²) in [5.74, 6) is 0.451. The number of likely N-dealkylation sites (tertiary alicyclic amines) is 1. The summed E-state index contributed by atoms with van der Waals surface area (Å²) in [6.45, 7) is 5.07. The summed E-state index contributed by atoms with van der Waals surface area (Å²) in [7, 11) is 0. The van der Waals surface area contributed by atoms with Crippen LogP contribution < -0.4 is 0 Å². The molecule has 2 heterocycles. The number of aromatic nitrogens is 1. The summed E-state index contributed by atoms with van der Waals surface area (Å²) in [5.41, 5.74) is 1.88. The van der Waals surface area contributed by atoms with E-state index in [1.54, 1.807) is 11.3 Å². The van der Waals surface area contributed by atoms with Crippen molar-refractivity contribution in [3.63, 3.8) is 0 Å². The molecule has 0 aliphatic carbocycles. The van der Waals surface area contributed by atoms with Gasteiger partial charge in [0.25, 0.3) is 0 Å². The van der Waals surface area contributed by atoms with Crippen LogP contribution >= 0.6 is 11.3 Å². The molecule has 84 valence electrons. The van der Waals surface area contributed by atoms with Crippen molar-refractivity contribution in [1.82, 2.24) is 9.88 Å². The molecule has 1 fully saturated rings. The van der Waals surface area contributed by atoms with Crippen LogP contribution in [-0.2, 0) is 6.54 Å². The third-order valence-electron chi connectivity index (χ3n) is 3.09. The van der Waals surface area contributed by atoms with Gasteiger partial charge in [-0.1, -0.05) is 0 Å². The average Bonchev–Trinajstić information content (AvgIpc) is 2.71. The molecule has 0 unspecified atom stereocenters. The molecule has 0 radical (unpaired) electrons. The third-order valence-corrected chi connectivity index (χ3v) is 3.85. The zero-order valence-corrected chi connectivity index (χ0v) is 9.91. The number of hydrogen-bond acceptors (Lipinski definition) is 4. The number of piperidine rings is 1. The molecule has 0 bridgehead atoms. The number of thiazole rings is 1. The molecule has 3 nitrogen and oxygen atoms in total. The minimum atomic E-state index is -0.172. The van der Waals surface area contributed by atoms with Crippen LogP contribution in [0, 0.1) is 5.92 Å². The van der Waals surface area contributed by atoms with Crippen molar-refractivity contribution in [2.45, 2.75) is 32.4 Å². The van der Waals surface area contributed by atoms with Crippen LogP contribution in [0.1, 0.15) is 24.6 Å². The van der Waals surface area contributed by atoms with Crippen LogP contribution in [0.15, 0.2) is 11.7 Å². The van der Waals surface area contributed by atoms with Gasteiger partial charge in [0.05, 0.1) is 11.6 Å². The molecule has 0 saturated carbocycles. The molecule has 2 atom stereocenters. The highest BCUT2D eigenvalue weighted by molar-refractivity contribution is 7.09. The Labute approximate surface area is 94.8 Å². The molecule has 0 amide bonds. The molecule has 1 N–H and O–H groups in total. The van der Waals surface area contributed by atoms with Crippen molar-refractivity contribution < 1.29 is 5.11 Å². The first-order valence-corrected chi connectivity index (χ1v) is 6.41. The van der Waals surface area contributed by atoms with E-state index in [4.69, 9.17) is 0 Å². The van der Waals surface area contributed by atoms with Crippen LogP contribution in [0.4, 0.5) is 0 Å². The van der Waals surface area contributed by atoms with Crippen molar-refractivity contribution in [2.24, 2.45) is 5.92 Å². The number of aliphatic hydroxyl groups excluding tert-OH is 1. The fourth-order valence-electron chi connectivity index (χ4n) is 2.17. The normalized spacial score (nSPS) is 25.3. The van der Waals surface area contributed by atoms with Crippen LogP contribution in [0.25, 0.3) is 0 Å². The van der Waals surface area contributed by atoms with Crippen molar-refractivity contribution in [3.8, 4) is 0 Å². The largest absolute Gasteiger partial charge is 0.393 e. The molecule has 0 spiro atoms. The van der Waals surface area contributed by atoms with Crippen molar-refractivity contribution in [1.29, 1.82) is 0 Å². The molecular formula is C11H18N2OS. The van der Waals surface area contributed by atoms with E-state index in [0.717, 1.165) is 26.1 Å². The summed E-state index contributed by atoms with van der Waals surface area (Å²) >= 11 is 1.71. The van der Waals surface area contributed by atoms with Gasteiger partial charge in [-0.25, -0.2) is 0 Å². The zero-order chi connectivity index (χ0) is 10.7. The Balaban J connectivity index is 1.88. The summed E-state index contributed by atoms with van der Waals surface area (Å²) in [4.78, 5) is 7.83. The predicted molar refractivity (Wildman–Crippen MR) is 61.8 cm³/mol. The van der Waals surface area contributed by atoms with E-state index in [9.17, 15) is 5.11 Å². The Morgan fingerprint density at radius 1 is 1.73 bits per heavy atom. The summed E-state index contributed by atoms with van der Waals surface area (Å²) < 4.78 is 0. The van der Waals surface area contributed by atoms with Crippen LogP contribution in [0.3, 0.4) is 0 Å². The average molecular weight is 226 g/mol. The number of aliphatic hydroxyl groups is 1. The Hall–Kier alpha value is -0.450. The van der Waals surface area contributed by atoms with Crippen LogP contribution in [-0.4, -0.2) is 34.2 Å². The van der Waals surface area contributed by atoms with Crippen LogP contribution in [0.2, 0.25) is 0 Å². The highest BCUT2D eigenvalue weighted by Gasteiger charge is 2.23. The molecule has 0 aromatic carbocycles. The first kappa shape index (κ1) is 11.0. The third kappa shape index (κ3) is 3.00. The molecule has 4 heteroatoms. The lowest BCUT2D eigenvalue weighted by atomic mass is 9.93. The molecule has 15 heavy (non-hydrogen) atoms. The van der Waals surface area contributed by atoms with E-state index in [2.05, 4.69) is 9.88 Å². The van der Waals surface area contributed by atoms with E-state index < -0.39 is 0 Å². The molecule has 1 aliphatic rings. The van der Waals surface area contributed by atoms with Crippen LogP contribution in [0.5, 0.6) is 0 Å². The Kier molecular flexibility index (Phi) is 3.72. The van der Waals surface area contributed by atoms with Gasteiger partial charge in [-0.05, 0) is 32.2 Å². The summed E-state index contributed by atoms with van der Waals surface area (Å²) in [5, 5.41) is 9.58. The van der Waals surface area contributed by atoms with Gasteiger partial charge in [-0.2, -0.15) is 0 Å². The predicted octanol–water partition coefficient (Wildman–Crippen LogP) is 1.74. The zero-order valence-electron chi connectivity index (χ0n) is 9.09. The smallest absolute Gasteiger partial charge is 0.0794 e. The maximum Gasteiger partial charge on any atom is 0.0794 e. The molecular weight excluding hydrogens is 208 g/mol. The van der Waals surface area contributed by atoms with Gasteiger partial charge in [-0.15, -0.1) is 11.3 Å². The number of rotatable bonds is 3. The van der Waals surface area contributed by atoms with Gasteiger partial charge in [0, 0.05) is 24.2 Å². The first-order valence-electron chi connectivity index (χ1n) is 5.53. The monoisotopic (exact) mass is 226 g/mol. The highest BCUT2D eigenvalue weighted by atomic mass is 32.1. The first-order chi connectivity index (χ1) is 7.25. The quantitative estimate of drug-likeness (QED) is 0.853. The lowest BCUT2D eigenvalue weighted by molar-refractivity contribution is 0.0603. The fraction of sp³-hybridized carbons (Fsp3) is 0.727. The minimum absolute atomic E-state index is 0.172. The number of hydrogen-bond donors (Lipinski definition) is 1. The number of nitrogens with zero attached hydrogens (tertiary/aromatic N) is 2. The summed E-state index contributed by atoms with van der Waals surface area (Å²) in [6, 6.07) is 0. The lowest BCUT2D eigenvalue weighted by Crippen LogP contribution is -2.38. The van der Waals surface area contributed by atoms with Crippen molar-refractivity contribution in [3.05, 3.63) is 16.6 Å². The maximum absolute atomic E-state index is 9.58. The second-order valence-corrected chi connectivity index (χ2v) is 5.32. The molecule has 2 rings (SSSR count). The Morgan fingerprint density at radius 3 is 3.27 bits per heavy atom. The fourth-order valence-corrected chi connectivity index (χ4v) is 2.81. The second kappa shape index (κ2) is 5.05. The van der Waals surface area contributed by atoms with E-state index in [1.807, 2.05) is 18.6 Å². The summed E-state index contributed by atoms with van der Waals surface area (Å²) in [6.07, 6.45) is 4.14.